The molecule has 0 radical (unpaired) electrons. The predicted molar refractivity (Wildman–Crippen MR) is 124 cm³/mol. The van der Waals surface area contributed by atoms with E-state index in [-0.39, 0.29) is 49.5 Å². The molecule has 0 bridgehead atoms. The van der Waals surface area contributed by atoms with Crippen molar-refractivity contribution in [3.05, 3.63) is 0 Å². The van der Waals surface area contributed by atoms with Crippen molar-refractivity contribution in [2.24, 2.45) is 29.1 Å². The monoisotopic (exact) mass is 444 g/mol. The molecular formula is C25H48O6. The summed E-state index contributed by atoms with van der Waals surface area (Å²) in [4.78, 5) is 26.2. The maximum absolute atomic E-state index is 13.1. The van der Waals surface area contributed by atoms with Crippen molar-refractivity contribution in [2.45, 2.75) is 94.3 Å². The lowest BCUT2D eigenvalue weighted by molar-refractivity contribution is -0.184. The van der Waals surface area contributed by atoms with Gasteiger partial charge in [0.15, 0.2) is 5.41 Å². The smallest absolute Gasteiger partial charge is 0.324 e. The van der Waals surface area contributed by atoms with E-state index >= 15 is 0 Å². The number of ether oxygens (including phenoxy) is 4. The van der Waals surface area contributed by atoms with Crippen LogP contribution >= 0.6 is 0 Å². The van der Waals surface area contributed by atoms with Gasteiger partial charge in [-0.2, -0.15) is 0 Å². The van der Waals surface area contributed by atoms with E-state index in [1.54, 1.807) is 0 Å². The zero-order chi connectivity index (χ0) is 24.6. The Morgan fingerprint density at radius 3 is 1.06 bits per heavy atom. The van der Waals surface area contributed by atoms with Crippen LogP contribution in [0.5, 0.6) is 0 Å². The summed E-state index contributed by atoms with van der Waals surface area (Å²) in [5, 5.41) is 0. The average Bonchev–Trinajstić information content (AvgIpc) is 2.62. The Kier molecular flexibility index (Phi) is 11.7. The van der Waals surface area contributed by atoms with Gasteiger partial charge in [0, 0.05) is 0 Å². The fraction of sp³-hybridized carbons (Fsp3) is 0.920. The highest BCUT2D eigenvalue weighted by atomic mass is 16.6. The Morgan fingerprint density at radius 1 is 0.548 bits per heavy atom. The summed E-state index contributed by atoms with van der Waals surface area (Å²) in [5.41, 5.74) is -2.01. The molecule has 0 aliphatic heterocycles. The van der Waals surface area contributed by atoms with Gasteiger partial charge in [0.05, 0.1) is 24.4 Å². The minimum Gasteiger partial charge on any atom is -0.462 e. The second kappa shape index (κ2) is 12.2. The minimum atomic E-state index is -1.37. The van der Waals surface area contributed by atoms with Crippen molar-refractivity contribution in [1.29, 1.82) is 0 Å². The molecule has 0 atom stereocenters. The largest absolute Gasteiger partial charge is 0.462 e. The summed E-state index contributed by atoms with van der Waals surface area (Å²) in [5.74, 6) is -1.03. The van der Waals surface area contributed by atoms with Crippen molar-refractivity contribution in [3.8, 4) is 0 Å². The second-order valence-corrected chi connectivity index (χ2v) is 10.7. The molecule has 184 valence electrons. The lowest BCUT2D eigenvalue weighted by atomic mass is 9.69. The maximum atomic E-state index is 13.1. The molecule has 0 aliphatic carbocycles. The maximum Gasteiger partial charge on any atom is 0.324 e. The van der Waals surface area contributed by atoms with Gasteiger partial charge in [-0.15, -0.1) is 0 Å². The van der Waals surface area contributed by atoms with Crippen LogP contribution in [0.4, 0.5) is 0 Å². The molecule has 0 aromatic carbocycles. The first-order chi connectivity index (χ1) is 14.0. The van der Waals surface area contributed by atoms with Gasteiger partial charge in [0.1, 0.15) is 13.2 Å². The molecule has 0 aromatic rings. The Hall–Kier alpha value is -1.14. The molecule has 0 aromatic heterocycles. The van der Waals surface area contributed by atoms with E-state index in [4.69, 9.17) is 18.9 Å². The molecule has 6 nitrogen and oxygen atoms in total. The zero-order valence-corrected chi connectivity index (χ0v) is 22.1. The first-order valence-electron chi connectivity index (χ1n) is 11.7. The van der Waals surface area contributed by atoms with Crippen LogP contribution in [0, 0.1) is 29.1 Å². The number of carbonyl (C=O) groups excluding carboxylic acids is 2. The van der Waals surface area contributed by atoms with Gasteiger partial charge in [-0.25, -0.2) is 0 Å². The van der Waals surface area contributed by atoms with Gasteiger partial charge in [0.2, 0.25) is 0 Å². The summed E-state index contributed by atoms with van der Waals surface area (Å²) in [6.07, 6.45) is 0. The van der Waals surface area contributed by atoms with Gasteiger partial charge in [0.25, 0.3) is 0 Å². The van der Waals surface area contributed by atoms with Crippen molar-refractivity contribution in [1.82, 2.24) is 0 Å². The third kappa shape index (κ3) is 8.05. The van der Waals surface area contributed by atoms with Crippen LogP contribution in [0.1, 0.15) is 83.1 Å². The van der Waals surface area contributed by atoms with E-state index in [2.05, 4.69) is 27.7 Å². The van der Waals surface area contributed by atoms with Crippen LogP contribution in [0.25, 0.3) is 0 Å². The zero-order valence-electron chi connectivity index (χ0n) is 22.1. The van der Waals surface area contributed by atoms with Crippen molar-refractivity contribution >= 4 is 11.9 Å². The van der Waals surface area contributed by atoms with E-state index in [0.717, 1.165) is 0 Å². The van der Waals surface area contributed by atoms with E-state index < -0.39 is 17.4 Å². The van der Waals surface area contributed by atoms with E-state index in [9.17, 15) is 9.59 Å². The van der Waals surface area contributed by atoms with Gasteiger partial charge in [-0.1, -0.05) is 55.4 Å². The fourth-order valence-electron chi connectivity index (χ4n) is 3.14. The summed E-state index contributed by atoms with van der Waals surface area (Å²) >= 11 is 0. The Labute approximate surface area is 190 Å². The first kappa shape index (κ1) is 29.9. The molecule has 6 heteroatoms. The van der Waals surface area contributed by atoms with Crippen LogP contribution in [0.3, 0.4) is 0 Å². The summed E-state index contributed by atoms with van der Waals surface area (Å²) < 4.78 is 22.8. The summed E-state index contributed by atoms with van der Waals surface area (Å²) in [6, 6.07) is 0. The number of hydrogen-bond donors (Lipinski definition) is 0. The Bertz CT molecular complexity index is 510. The molecule has 31 heavy (non-hydrogen) atoms. The van der Waals surface area contributed by atoms with Crippen LogP contribution in [0.2, 0.25) is 0 Å². The topological polar surface area (TPSA) is 71.1 Å². The van der Waals surface area contributed by atoms with Crippen LogP contribution in [0.15, 0.2) is 0 Å². The SMILES string of the molecule is CC(C)C(C)(C)OCCOC(=O)C(C(=O)OCCOC(C)(C)C(C)C)(C(C)C)C(C)C. The lowest BCUT2D eigenvalue weighted by Gasteiger charge is -2.36. The predicted octanol–water partition coefficient (Wildman–Crippen LogP) is 5.27. The lowest BCUT2D eigenvalue weighted by Crippen LogP contribution is -2.50. The van der Waals surface area contributed by atoms with Gasteiger partial charge >= 0.3 is 11.9 Å². The third-order valence-electron chi connectivity index (χ3n) is 6.86. The number of rotatable bonds is 14. The highest BCUT2D eigenvalue weighted by Crippen LogP contribution is 2.39. The van der Waals surface area contributed by atoms with Crippen molar-refractivity contribution < 1.29 is 28.5 Å². The Morgan fingerprint density at radius 2 is 0.839 bits per heavy atom. The van der Waals surface area contributed by atoms with Crippen LogP contribution in [-0.4, -0.2) is 49.6 Å². The minimum absolute atomic E-state index is 0.0924. The molecule has 0 N–H and O–H groups in total. The molecule has 0 heterocycles. The number of carbonyl (C=O) groups is 2. The van der Waals surface area contributed by atoms with E-state index in [1.807, 2.05) is 55.4 Å². The highest BCUT2D eigenvalue weighted by molar-refractivity contribution is 6.00. The average molecular weight is 445 g/mol. The van der Waals surface area contributed by atoms with E-state index in [1.165, 1.54) is 0 Å². The molecule has 0 saturated carbocycles. The van der Waals surface area contributed by atoms with E-state index in [0.29, 0.717) is 11.8 Å². The molecule has 0 amide bonds. The highest BCUT2D eigenvalue weighted by Gasteiger charge is 2.54. The number of hydrogen-bond acceptors (Lipinski definition) is 6. The normalized spacial score (nSPS) is 13.4. The van der Waals surface area contributed by atoms with Crippen LogP contribution < -0.4 is 0 Å². The van der Waals surface area contributed by atoms with Crippen LogP contribution in [-0.2, 0) is 28.5 Å². The number of esters is 2. The third-order valence-corrected chi connectivity index (χ3v) is 6.86. The molecule has 0 unspecified atom stereocenters. The fourth-order valence-corrected chi connectivity index (χ4v) is 3.14. The first-order valence-corrected chi connectivity index (χ1v) is 11.7. The molecule has 0 saturated heterocycles. The van der Waals surface area contributed by atoms with Gasteiger partial charge < -0.3 is 18.9 Å². The molecule has 0 aliphatic rings. The Balaban J connectivity index is 5.09. The molecule has 0 rings (SSSR count). The van der Waals surface area contributed by atoms with Gasteiger partial charge in [-0.05, 0) is 51.4 Å². The summed E-state index contributed by atoms with van der Waals surface area (Å²) in [7, 11) is 0. The second-order valence-electron chi connectivity index (χ2n) is 10.7. The molecule has 0 fully saturated rings. The van der Waals surface area contributed by atoms with Gasteiger partial charge in [-0.3, -0.25) is 9.59 Å². The standard InChI is InChI=1S/C25H48O6/c1-17(2)23(9,10)30-15-13-28-21(26)25(19(5)6,20(7)8)22(27)29-14-16-31-24(11,12)18(3)4/h17-20H,13-16H2,1-12H3. The molecule has 0 spiro atoms. The summed E-state index contributed by atoms with van der Waals surface area (Å²) in [6.45, 7) is 24.5. The van der Waals surface area contributed by atoms with Crippen molar-refractivity contribution in [3.63, 3.8) is 0 Å². The quantitative estimate of drug-likeness (QED) is 0.206. The molecular weight excluding hydrogens is 396 g/mol. The van der Waals surface area contributed by atoms with Crippen molar-refractivity contribution in [2.75, 3.05) is 26.4 Å².